The number of hydrogen-bond acceptors (Lipinski definition) is 5. The molecule has 0 unspecified atom stereocenters. The molecule has 6 heteroatoms. The molecule has 0 N–H and O–H groups in total. The minimum atomic E-state index is 0.682. The van der Waals surface area contributed by atoms with Gasteiger partial charge in [-0.2, -0.15) is 5.10 Å². The van der Waals surface area contributed by atoms with Crippen LogP contribution in [0.2, 0.25) is 0 Å². The van der Waals surface area contributed by atoms with Crippen LogP contribution in [0.5, 0.6) is 0 Å². The highest BCUT2D eigenvalue weighted by atomic mass is 32.1. The molecule has 3 aromatic rings. The average molecular weight is 353 g/mol. The lowest BCUT2D eigenvalue weighted by Crippen LogP contribution is -2.50. The lowest BCUT2D eigenvalue weighted by molar-refractivity contribution is 0.190. The quantitative estimate of drug-likeness (QED) is 0.710. The molecule has 2 aliphatic rings. The molecule has 3 heterocycles. The highest BCUT2D eigenvalue weighted by Crippen LogP contribution is 2.32. The molecule has 1 fully saturated rings. The molecular formula is C19H23N5S. The number of hydrogen-bond donors (Lipinski definition) is 0. The van der Waals surface area contributed by atoms with Gasteiger partial charge in [0.15, 0.2) is 10.8 Å². The number of benzene rings is 1. The first-order valence-corrected chi connectivity index (χ1v) is 9.86. The first-order chi connectivity index (χ1) is 12.2. The van der Waals surface area contributed by atoms with Crippen molar-refractivity contribution in [3.8, 4) is 0 Å². The van der Waals surface area contributed by atoms with E-state index < -0.39 is 0 Å². The molecule has 2 aromatic heterocycles. The van der Waals surface area contributed by atoms with E-state index in [1.807, 2.05) is 11.7 Å². The van der Waals surface area contributed by atoms with Gasteiger partial charge in [-0.05, 0) is 30.9 Å². The third-order valence-corrected chi connectivity index (χ3v) is 6.88. The molecule has 130 valence electrons. The molecule has 0 atom stereocenters. The Kier molecular flexibility index (Phi) is 3.57. The molecule has 0 amide bonds. The Morgan fingerprint density at radius 2 is 1.72 bits per heavy atom. The first kappa shape index (κ1) is 15.3. The van der Waals surface area contributed by atoms with E-state index >= 15 is 0 Å². The summed E-state index contributed by atoms with van der Waals surface area (Å²) in [5.74, 6) is 0. The van der Waals surface area contributed by atoms with Gasteiger partial charge in [-0.15, -0.1) is 0 Å². The molecule has 0 bridgehead atoms. The van der Waals surface area contributed by atoms with Gasteiger partial charge in [0, 0.05) is 39.3 Å². The normalized spacial score (nSPS) is 19.0. The van der Waals surface area contributed by atoms with Crippen molar-refractivity contribution in [2.75, 3.05) is 31.1 Å². The molecule has 1 saturated heterocycles. The van der Waals surface area contributed by atoms with E-state index in [1.54, 1.807) is 22.5 Å². The summed E-state index contributed by atoms with van der Waals surface area (Å²) in [6, 6.07) is 9.61. The fraction of sp³-hybridized carbons (Fsp3) is 0.474. The smallest absolute Gasteiger partial charge is 0.188 e. The van der Waals surface area contributed by atoms with Crippen molar-refractivity contribution in [2.24, 2.45) is 7.05 Å². The van der Waals surface area contributed by atoms with Gasteiger partial charge in [-0.3, -0.25) is 4.90 Å². The van der Waals surface area contributed by atoms with Crippen LogP contribution in [0.3, 0.4) is 0 Å². The van der Waals surface area contributed by atoms with E-state index in [4.69, 9.17) is 4.98 Å². The predicted molar refractivity (Wildman–Crippen MR) is 103 cm³/mol. The van der Waals surface area contributed by atoms with Crippen molar-refractivity contribution in [1.82, 2.24) is 19.7 Å². The van der Waals surface area contributed by atoms with E-state index in [0.29, 0.717) is 6.04 Å². The second-order valence-electron chi connectivity index (χ2n) is 7.21. The second kappa shape index (κ2) is 5.81. The van der Waals surface area contributed by atoms with Gasteiger partial charge in [0.2, 0.25) is 0 Å². The molecule has 0 saturated carbocycles. The minimum Gasteiger partial charge on any atom is -0.345 e. The SMILES string of the molecule is Cc1nn(C)c2nc(N3CCN(C4Cc5ccccc5C4)CC3)sc12. The molecule has 25 heavy (non-hydrogen) atoms. The zero-order valence-corrected chi connectivity index (χ0v) is 15.6. The number of fused-ring (bicyclic) bond motifs is 2. The van der Waals surface area contributed by atoms with Crippen LogP contribution in [0.4, 0.5) is 5.13 Å². The molecule has 0 radical (unpaired) electrons. The maximum atomic E-state index is 4.84. The second-order valence-corrected chi connectivity index (χ2v) is 8.19. The summed E-state index contributed by atoms with van der Waals surface area (Å²) in [4.78, 5) is 9.96. The minimum absolute atomic E-state index is 0.682. The van der Waals surface area contributed by atoms with Crippen LogP contribution < -0.4 is 4.90 Å². The summed E-state index contributed by atoms with van der Waals surface area (Å²) in [7, 11) is 1.98. The van der Waals surface area contributed by atoms with E-state index in [0.717, 1.165) is 42.7 Å². The van der Waals surface area contributed by atoms with E-state index in [9.17, 15) is 0 Å². The van der Waals surface area contributed by atoms with Crippen LogP contribution in [0.15, 0.2) is 24.3 Å². The van der Waals surface area contributed by atoms with E-state index in [-0.39, 0.29) is 0 Å². The lowest BCUT2D eigenvalue weighted by atomic mass is 10.1. The summed E-state index contributed by atoms with van der Waals surface area (Å²) in [6.45, 7) is 6.47. The van der Waals surface area contributed by atoms with Gasteiger partial charge < -0.3 is 4.90 Å². The predicted octanol–water partition coefficient (Wildman–Crippen LogP) is 2.63. The fourth-order valence-corrected chi connectivity index (χ4v) is 5.37. The summed E-state index contributed by atoms with van der Waals surface area (Å²) in [6.07, 6.45) is 2.42. The summed E-state index contributed by atoms with van der Waals surface area (Å²) < 4.78 is 3.13. The van der Waals surface area contributed by atoms with Crippen LogP contribution in [0.25, 0.3) is 10.3 Å². The van der Waals surface area contributed by atoms with E-state index in [2.05, 4.69) is 46.1 Å². The Hall–Kier alpha value is -1.92. The van der Waals surface area contributed by atoms with Gasteiger partial charge >= 0.3 is 0 Å². The third-order valence-electron chi connectivity index (χ3n) is 5.66. The number of thiazole rings is 1. The van der Waals surface area contributed by atoms with Gasteiger partial charge in [0.25, 0.3) is 0 Å². The lowest BCUT2D eigenvalue weighted by Gasteiger charge is -2.37. The maximum Gasteiger partial charge on any atom is 0.188 e. The van der Waals surface area contributed by atoms with Crippen molar-refractivity contribution in [3.63, 3.8) is 0 Å². The molecule has 0 spiro atoms. The third kappa shape index (κ3) is 2.55. The van der Waals surface area contributed by atoms with Crippen LogP contribution in [-0.4, -0.2) is 51.9 Å². The Labute approximate surface area is 151 Å². The van der Waals surface area contributed by atoms with Crippen LogP contribution in [0, 0.1) is 6.92 Å². The molecule has 1 aromatic carbocycles. The van der Waals surface area contributed by atoms with Crippen LogP contribution in [0.1, 0.15) is 16.8 Å². The molecule has 5 rings (SSSR count). The Balaban J connectivity index is 1.27. The standard InChI is InChI=1S/C19H23N5S/c1-13-17-18(22(2)21-13)20-19(25-17)24-9-7-23(8-10-24)16-11-14-5-3-4-6-15(14)12-16/h3-6,16H,7-12H2,1-2H3. The van der Waals surface area contributed by atoms with Crippen molar-refractivity contribution < 1.29 is 0 Å². The van der Waals surface area contributed by atoms with Crippen LogP contribution >= 0.6 is 11.3 Å². The van der Waals surface area contributed by atoms with Crippen molar-refractivity contribution in [1.29, 1.82) is 0 Å². The largest absolute Gasteiger partial charge is 0.345 e. The van der Waals surface area contributed by atoms with Crippen molar-refractivity contribution >= 4 is 26.8 Å². The van der Waals surface area contributed by atoms with E-state index in [1.165, 1.54) is 17.5 Å². The monoisotopic (exact) mass is 353 g/mol. The van der Waals surface area contributed by atoms with Gasteiger partial charge in [-0.25, -0.2) is 9.67 Å². The summed E-state index contributed by atoms with van der Waals surface area (Å²) in [5, 5.41) is 5.61. The van der Waals surface area contributed by atoms with Gasteiger partial charge in [0.05, 0.1) is 10.4 Å². The summed E-state index contributed by atoms with van der Waals surface area (Å²) in [5.41, 5.74) is 5.20. The number of piperazine rings is 1. The highest BCUT2D eigenvalue weighted by molar-refractivity contribution is 7.22. The van der Waals surface area contributed by atoms with Gasteiger partial charge in [-0.1, -0.05) is 35.6 Å². The molecule has 1 aliphatic carbocycles. The Bertz CT molecular complexity index is 860. The number of aromatic nitrogens is 3. The molecule has 1 aliphatic heterocycles. The number of rotatable bonds is 2. The Morgan fingerprint density at radius 3 is 2.36 bits per heavy atom. The number of aryl methyl sites for hydroxylation is 2. The van der Waals surface area contributed by atoms with Crippen LogP contribution in [-0.2, 0) is 19.9 Å². The van der Waals surface area contributed by atoms with Crippen molar-refractivity contribution in [2.45, 2.75) is 25.8 Å². The topological polar surface area (TPSA) is 37.2 Å². The molecule has 5 nitrogen and oxygen atoms in total. The average Bonchev–Trinajstić information content (AvgIpc) is 3.31. The first-order valence-electron chi connectivity index (χ1n) is 9.05. The zero-order chi connectivity index (χ0) is 17.0. The Morgan fingerprint density at radius 1 is 1.04 bits per heavy atom. The number of nitrogens with zero attached hydrogens (tertiary/aromatic N) is 5. The van der Waals surface area contributed by atoms with Gasteiger partial charge in [0.1, 0.15) is 0 Å². The maximum absolute atomic E-state index is 4.84. The van der Waals surface area contributed by atoms with Crippen molar-refractivity contribution in [3.05, 3.63) is 41.1 Å². The molecular weight excluding hydrogens is 330 g/mol. The number of anilines is 1. The summed E-state index contributed by atoms with van der Waals surface area (Å²) >= 11 is 1.79. The zero-order valence-electron chi connectivity index (χ0n) is 14.8. The highest BCUT2D eigenvalue weighted by Gasteiger charge is 2.30. The fourth-order valence-electron chi connectivity index (χ4n) is 4.28.